The van der Waals surface area contributed by atoms with E-state index in [9.17, 15) is 19.5 Å². The molecule has 2 aromatic carbocycles. The quantitative estimate of drug-likeness (QED) is 0.667. The second kappa shape index (κ2) is 10.7. The zero-order chi connectivity index (χ0) is 20.5. The molecule has 0 bridgehead atoms. The van der Waals surface area contributed by atoms with Gasteiger partial charge in [-0.3, -0.25) is 9.59 Å². The maximum Gasteiger partial charge on any atom is 0.326 e. The number of benzene rings is 2. The molecule has 2 aromatic rings. The van der Waals surface area contributed by atoms with Crippen molar-refractivity contribution in [3.8, 4) is 0 Å². The van der Waals surface area contributed by atoms with Crippen molar-refractivity contribution in [2.45, 2.75) is 32.2 Å². The summed E-state index contributed by atoms with van der Waals surface area (Å²) >= 11 is 1.08. The number of aliphatic carboxylic acids is 1. The minimum atomic E-state index is -1.06. The lowest BCUT2D eigenvalue weighted by Gasteiger charge is -2.25. The summed E-state index contributed by atoms with van der Waals surface area (Å²) in [7, 11) is 0. The van der Waals surface area contributed by atoms with Crippen LogP contribution in [0.3, 0.4) is 0 Å². The van der Waals surface area contributed by atoms with E-state index in [0.717, 1.165) is 17.3 Å². The summed E-state index contributed by atoms with van der Waals surface area (Å²) in [5.41, 5.74) is 1.55. The molecule has 0 spiro atoms. The average molecular weight is 400 g/mol. The third kappa shape index (κ3) is 5.96. The van der Waals surface area contributed by atoms with Gasteiger partial charge in [0, 0.05) is 11.3 Å². The molecule has 1 amide bonds. The van der Waals surface area contributed by atoms with Crippen molar-refractivity contribution in [1.82, 2.24) is 5.32 Å². The first-order valence-corrected chi connectivity index (χ1v) is 10.2. The lowest BCUT2D eigenvalue weighted by molar-refractivity contribution is -0.142. The number of thioether (sulfide) groups is 1. The summed E-state index contributed by atoms with van der Waals surface area (Å²) in [6, 6.07) is 17.5. The first kappa shape index (κ1) is 21.7. The van der Waals surface area contributed by atoms with E-state index < -0.39 is 17.9 Å². The van der Waals surface area contributed by atoms with Crippen molar-refractivity contribution in [2.24, 2.45) is 5.92 Å². The molecule has 0 aliphatic rings. The molecule has 0 unspecified atom stereocenters. The highest BCUT2D eigenvalue weighted by atomic mass is 32.2. The first-order chi connectivity index (χ1) is 13.4. The van der Waals surface area contributed by atoms with E-state index >= 15 is 0 Å². The van der Waals surface area contributed by atoms with Crippen molar-refractivity contribution in [3.63, 3.8) is 0 Å². The van der Waals surface area contributed by atoms with Crippen molar-refractivity contribution in [3.05, 3.63) is 71.8 Å². The molecule has 0 radical (unpaired) electrons. The summed E-state index contributed by atoms with van der Waals surface area (Å²) < 4.78 is 0. The smallest absolute Gasteiger partial charge is 0.326 e. The Bertz CT molecular complexity index is 795. The number of hydrogen-bond acceptors (Lipinski definition) is 4. The highest BCUT2D eigenvalue weighted by Gasteiger charge is 2.30. The Balaban J connectivity index is 2.16. The largest absolute Gasteiger partial charge is 0.480 e. The van der Waals surface area contributed by atoms with Gasteiger partial charge in [0.05, 0.1) is 5.92 Å². The number of nitrogens with one attached hydrogen (secondary N) is 1. The number of carboxylic acid groups (broad SMARTS) is 1. The Kier molecular flexibility index (Phi) is 8.26. The predicted molar refractivity (Wildman–Crippen MR) is 111 cm³/mol. The molecule has 0 fully saturated rings. The van der Waals surface area contributed by atoms with Crippen LogP contribution in [0.15, 0.2) is 60.7 Å². The number of carbonyl (C=O) groups is 3. The van der Waals surface area contributed by atoms with Gasteiger partial charge >= 0.3 is 5.97 Å². The van der Waals surface area contributed by atoms with Crippen LogP contribution in [0.5, 0.6) is 0 Å². The number of carbonyl (C=O) groups excluding carboxylic acids is 2. The minimum absolute atomic E-state index is 0.107. The third-order valence-corrected chi connectivity index (χ3v) is 5.72. The molecule has 148 valence electrons. The second-order valence-corrected chi connectivity index (χ2v) is 7.57. The van der Waals surface area contributed by atoms with Gasteiger partial charge in [0.15, 0.2) is 0 Å². The third-order valence-electron chi connectivity index (χ3n) is 4.69. The second-order valence-electron chi connectivity index (χ2n) is 6.58. The SMILES string of the molecule is CC[C@H](NC(=O)[C@@H](CSC(=O)c1ccccc1)[C@@H](C)c1ccccc1)C(=O)O. The van der Waals surface area contributed by atoms with E-state index in [1.807, 2.05) is 43.3 Å². The highest BCUT2D eigenvalue weighted by molar-refractivity contribution is 8.14. The van der Waals surface area contributed by atoms with Crippen LogP contribution in [0.2, 0.25) is 0 Å². The molecule has 0 aliphatic heterocycles. The lowest BCUT2D eigenvalue weighted by atomic mass is 9.88. The molecular weight excluding hydrogens is 374 g/mol. The van der Waals surface area contributed by atoms with Crippen molar-refractivity contribution in [1.29, 1.82) is 0 Å². The van der Waals surface area contributed by atoms with Gasteiger partial charge in [-0.2, -0.15) is 0 Å². The molecule has 6 heteroatoms. The number of carboxylic acids is 1. The predicted octanol–water partition coefficient (Wildman–Crippen LogP) is 3.96. The monoisotopic (exact) mass is 399 g/mol. The average Bonchev–Trinajstić information content (AvgIpc) is 2.72. The molecule has 0 saturated carbocycles. The summed E-state index contributed by atoms with van der Waals surface area (Å²) in [4.78, 5) is 36.6. The summed E-state index contributed by atoms with van der Waals surface area (Å²) in [6.45, 7) is 3.64. The van der Waals surface area contributed by atoms with Crippen LogP contribution in [0, 0.1) is 5.92 Å². The van der Waals surface area contributed by atoms with Gasteiger partial charge in [-0.15, -0.1) is 0 Å². The zero-order valence-electron chi connectivity index (χ0n) is 16.0. The number of hydrogen-bond donors (Lipinski definition) is 2. The Labute approximate surface area is 169 Å². The fourth-order valence-corrected chi connectivity index (χ4v) is 3.95. The maximum atomic E-state index is 12.9. The van der Waals surface area contributed by atoms with Crippen LogP contribution < -0.4 is 5.32 Å². The molecule has 0 aromatic heterocycles. The van der Waals surface area contributed by atoms with Crippen LogP contribution >= 0.6 is 11.8 Å². The van der Waals surface area contributed by atoms with Gasteiger partial charge in [0.2, 0.25) is 11.0 Å². The van der Waals surface area contributed by atoms with E-state index in [1.165, 1.54) is 0 Å². The van der Waals surface area contributed by atoms with Crippen LogP contribution in [-0.2, 0) is 9.59 Å². The van der Waals surface area contributed by atoms with Gasteiger partial charge in [0.25, 0.3) is 0 Å². The van der Waals surface area contributed by atoms with Crippen LogP contribution in [0.4, 0.5) is 0 Å². The van der Waals surface area contributed by atoms with Crippen LogP contribution in [-0.4, -0.2) is 33.9 Å². The molecule has 0 saturated heterocycles. The minimum Gasteiger partial charge on any atom is -0.480 e. The van der Waals surface area contributed by atoms with Gasteiger partial charge in [0.1, 0.15) is 6.04 Å². The van der Waals surface area contributed by atoms with Crippen molar-refractivity contribution < 1.29 is 19.5 Å². The van der Waals surface area contributed by atoms with Gasteiger partial charge in [-0.1, -0.05) is 86.3 Å². The Morgan fingerprint density at radius 1 is 1.00 bits per heavy atom. The number of amides is 1. The molecule has 0 heterocycles. The molecule has 28 heavy (non-hydrogen) atoms. The topological polar surface area (TPSA) is 83.5 Å². The van der Waals surface area contributed by atoms with Gasteiger partial charge < -0.3 is 10.4 Å². The number of rotatable bonds is 9. The maximum absolute atomic E-state index is 12.9. The zero-order valence-corrected chi connectivity index (χ0v) is 16.8. The fraction of sp³-hybridized carbons (Fsp3) is 0.318. The first-order valence-electron chi connectivity index (χ1n) is 9.24. The van der Waals surface area contributed by atoms with E-state index in [1.54, 1.807) is 31.2 Å². The molecule has 2 N–H and O–H groups in total. The lowest BCUT2D eigenvalue weighted by Crippen LogP contribution is -2.45. The van der Waals surface area contributed by atoms with Crippen molar-refractivity contribution >= 4 is 28.8 Å². The molecule has 3 atom stereocenters. The van der Waals surface area contributed by atoms with E-state index in [4.69, 9.17) is 0 Å². The summed E-state index contributed by atoms with van der Waals surface area (Å²) in [5.74, 6) is -1.84. The molecule has 5 nitrogen and oxygen atoms in total. The van der Waals surface area contributed by atoms with E-state index in [0.29, 0.717) is 12.0 Å². The Hall–Kier alpha value is -2.60. The molecule has 2 rings (SSSR count). The van der Waals surface area contributed by atoms with Crippen LogP contribution in [0.1, 0.15) is 42.1 Å². The Morgan fingerprint density at radius 2 is 1.57 bits per heavy atom. The van der Waals surface area contributed by atoms with Crippen molar-refractivity contribution in [2.75, 3.05) is 5.75 Å². The fourth-order valence-electron chi connectivity index (χ4n) is 2.88. The highest BCUT2D eigenvalue weighted by Crippen LogP contribution is 2.29. The molecule has 0 aliphatic carbocycles. The van der Waals surface area contributed by atoms with E-state index in [-0.39, 0.29) is 22.7 Å². The van der Waals surface area contributed by atoms with Gasteiger partial charge in [-0.25, -0.2) is 4.79 Å². The van der Waals surface area contributed by atoms with Gasteiger partial charge in [-0.05, 0) is 17.9 Å². The Morgan fingerprint density at radius 3 is 2.11 bits per heavy atom. The summed E-state index contributed by atoms with van der Waals surface area (Å²) in [5, 5.41) is 11.8. The standard InChI is InChI=1S/C22H25NO4S/c1-3-19(21(25)26)23-20(24)18(15(2)16-10-6-4-7-11-16)14-28-22(27)17-12-8-5-9-13-17/h4-13,15,18-19H,3,14H2,1-2H3,(H,23,24)(H,25,26)/t15-,18-,19-/m0/s1. The summed E-state index contributed by atoms with van der Waals surface area (Å²) in [6.07, 6.45) is 0.295. The van der Waals surface area contributed by atoms with Crippen LogP contribution in [0.25, 0.3) is 0 Å². The van der Waals surface area contributed by atoms with E-state index in [2.05, 4.69) is 5.32 Å². The normalized spacial score (nSPS) is 13.9. The molecular formula is C22H25NO4S.